The molecule has 3 heteroatoms. The number of hydrogen-bond acceptors (Lipinski definition) is 3. The summed E-state index contributed by atoms with van der Waals surface area (Å²) in [5.41, 5.74) is 0.0662. The molecule has 132 valence electrons. The van der Waals surface area contributed by atoms with E-state index in [2.05, 4.69) is 6.92 Å². The second-order valence-corrected chi connectivity index (χ2v) is 9.68. The van der Waals surface area contributed by atoms with Gasteiger partial charge in [-0.25, -0.2) is 0 Å². The largest absolute Gasteiger partial charge is 0.458 e. The van der Waals surface area contributed by atoms with Gasteiger partial charge in [0, 0.05) is 24.7 Å². The minimum Gasteiger partial charge on any atom is -0.458 e. The minimum atomic E-state index is -0.140. The Labute approximate surface area is 144 Å². The number of rotatable bonds is 0. The van der Waals surface area contributed by atoms with Crippen LogP contribution in [0.2, 0.25) is 0 Å². The van der Waals surface area contributed by atoms with E-state index >= 15 is 0 Å². The Bertz CT molecular complexity index is 584. The first-order valence-electron chi connectivity index (χ1n) is 10.3. The molecule has 1 spiro atoms. The van der Waals surface area contributed by atoms with Gasteiger partial charge in [0.25, 0.3) is 0 Å². The number of carbonyl (C=O) groups is 2. The molecule has 1 aliphatic heterocycles. The van der Waals surface area contributed by atoms with Gasteiger partial charge < -0.3 is 4.74 Å². The van der Waals surface area contributed by atoms with Crippen LogP contribution < -0.4 is 0 Å². The Kier molecular flexibility index (Phi) is 3.26. The lowest BCUT2D eigenvalue weighted by atomic mass is 9.49. The normalized spacial score (nSPS) is 53.5. The first kappa shape index (κ1) is 15.4. The first-order valence-corrected chi connectivity index (χ1v) is 10.3. The third kappa shape index (κ3) is 1.90. The van der Waals surface area contributed by atoms with Crippen molar-refractivity contribution < 1.29 is 14.3 Å². The van der Waals surface area contributed by atoms with Crippen molar-refractivity contribution in [2.75, 3.05) is 0 Å². The summed E-state index contributed by atoms with van der Waals surface area (Å²) in [6, 6.07) is 0. The van der Waals surface area contributed by atoms with E-state index in [1.54, 1.807) is 0 Å². The molecule has 4 saturated carbocycles. The smallest absolute Gasteiger partial charge is 0.306 e. The highest BCUT2D eigenvalue weighted by molar-refractivity contribution is 5.79. The topological polar surface area (TPSA) is 43.4 Å². The molecule has 1 heterocycles. The minimum absolute atomic E-state index is 0.0356. The molecular weight excluding hydrogens is 300 g/mol. The molecule has 0 aromatic carbocycles. The van der Waals surface area contributed by atoms with Gasteiger partial charge in [0.1, 0.15) is 11.4 Å². The Morgan fingerprint density at radius 3 is 2.54 bits per heavy atom. The number of esters is 1. The third-order valence-corrected chi connectivity index (χ3v) is 9.10. The van der Waals surface area contributed by atoms with Crippen molar-refractivity contribution in [1.82, 2.24) is 0 Å². The second kappa shape index (κ2) is 5.08. The fourth-order valence-corrected chi connectivity index (χ4v) is 7.95. The van der Waals surface area contributed by atoms with Crippen molar-refractivity contribution in [3.05, 3.63) is 0 Å². The van der Waals surface area contributed by atoms with E-state index in [0.29, 0.717) is 18.1 Å². The van der Waals surface area contributed by atoms with Crippen LogP contribution in [0.4, 0.5) is 0 Å². The van der Waals surface area contributed by atoms with E-state index in [4.69, 9.17) is 4.74 Å². The molecular formula is C21H30O3. The monoisotopic (exact) mass is 330 g/mol. The van der Waals surface area contributed by atoms with Gasteiger partial charge in [-0.15, -0.1) is 0 Å². The number of Topliss-reactive ketones (excluding diaryl/α,β-unsaturated/α-hetero) is 1. The molecule has 5 fully saturated rings. The van der Waals surface area contributed by atoms with Crippen LogP contribution in [0.3, 0.4) is 0 Å². The summed E-state index contributed by atoms with van der Waals surface area (Å²) in [5.74, 6) is 4.41. The molecule has 4 aliphatic carbocycles. The van der Waals surface area contributed by atoms with E-state index in [9.17, 15) is 9.59 Å². The van der Waals surface area contributed by atoms with Crippen LogP contribution in [0.25, 0.3) is 0 Å². The molecule has 24 heavy (non-hydrogen) atoms. The van der Waals surface area contributed by atoms with Crippen LogP contribution in [0.5, 0.6) is 0 Å². The van der Waals surface area contributed by atoms with Gasteiger partial charge in [-0.2, -0.15) is 0 Å². The average molecular weight is 330 g/mol. The van der Waals surface area contributed by atoms with Crippen LogP contribution >= 0.6 is 0 Å². The van der Waals surface area contributed by atoms with E-state index in [-0.39, 0.29) is 17.0 Å². The van der Waals surface area contributed by atoms with Crippen LogP contribution in [-0.2, 0) is 14.3 Å². The van der Waals surface area contributed by atoms with Gasteiger partial charge in [-0.1, -0.05) is 6.92 Å². The van der Waals surface area contributed by atoms with Crippen molar-refractivity contribution in [1.29, 1.82) is 0 Å². The predicted molar refractivity (Wildman–Crippen MR) is 90.2 cm³/mol. The van der Waals surface area contributed by atoms with E-state index in [1.165, 1.54) is 32.1 Å². The van der Waals surface area contributed by atoms with Gasteiger partial charge in [0.05, 0.1) is 0 Å². The summed E-state index contributed by atoms with van der Waals surface area (Å²) in [5, 5.41) is 0. The van der Waals surface area contributed by atoms with Crippen molar-refractivity contribution in [3.63, 3.8) is 0 Å². The number of ketones is 1. The van der Waals surface area contributed by atoms with Crippen LogP contribution in [0.1, 0.15) is 77.6 Å². The molecule has 5 aliphatic rings. The summed E-state index contributed by atoms with van der Waals surface area (Å²) in [6.45, 7) is 2.44. The Hall–Kier alpha value is -0.860. The lowest BCUT2D eigenvalue weighted by molar-refractivity contribution is -0.168. The highest BCUT2D eigenvalue weighted by atomic mass is 16.6. The Balaban J connectivity index is 1.42. The standard InChI is InChI=1S/C21H30O3/c1-20-9-6-16-15-5-3-14(22)12-13(15)2-4-17(16)18(20)7-10-21(20)11-8-19(23)24-21/h13,15-18H,2-12H2,1H3/t13?,15-,16+,17+,18-,20-,21+/m0/s1. The zero-order valence-electron chi connectivity index (χ0n) is 14.9. The van der Waals surface area contributed by atoms with Crippen molar-refractivity contribution in [2.24, 2.45) is 35.0 Å². The Morgan fingerprint density at radius 1 is 0.875 bits per heavy atom. The molecule has 0 aromatic heterocycles. The van der Waals surface area contributed by atoms with Gasteiger partial charge >= 0.3 is 5.97 Å². The maximum Gasteiger partial charge on any atom is 0.306 e. The summed E-state index contributed by atoms with van der Waals surface area (Å²) in [4.78, 5) is 23.7. The molecule has 1 saturated heterocycles. The third-order valence-electron chi connectivity index (χ3n) is 9.10. The van der Waals surface area contributed by atoms with Gasteiger partial charge in [-0.05, 0) is 81.0 Å². The average Bonchev–Trinajstić information content (AvgIpc) is 3.08. The molecule has 0 aromatic rings. The SMILES string of the molecule is C[C@]12CC[C@H]3[C@@H](CCC4CC(=O)CC[C@@H]43)[C@@H]1CC[C@@]21CCC(=O)O1. The van der Waals surface area contributed by atoms with Crippen LogP contribution in [0.15, 0.2) is 0 Å². The quantitative estimate of drug-likeness (QED) is 0.623. The molecule has 7 atom stereocenters. The maximum absolute atomic E-state index is 11.9. The van der Waals surface area contributed by atoms with Crippen molar-refractivity contribution in [3.8, 4) is 0 Å². The number of hydrogen-bond donors (Lipinski definition) is 0. The van der Waals surface area contributed by atoms with Gasteiger partial charge in [0.15, 0.2) is 0 Å². The van der Waals surface area contributed by atoms with E-state index in [0.717, 1.165) is 55.8 Å². The summed E-state index contributed by atoms with van der Waals surface area (Å²) in [7, 11) is 0. The first-order chi connectivity index (χ1) is 11.5. The zero-order chi connectivity index (χ0) is 16.5. The molecule has 5 rings (SSSR count). The van der Waals surface area contributed by atoms with Crippen LogP contribution in [0, 0.1) is 35.0 Å². The van der Waals surface area contributed by atoms with E-state index in [1.807, 2.05) is 0 Å². The summed E-state index contributed by atoms with van der Waals surface area (Å²) >= 11 is 0. The predicted octanol–water partition coefficient (Wildman–Crippen LogP) is 4.28. The number of fused-ring (bicyclic) bond motifs is 6. The maximum atomic E-state index is 11.9. The zero-order valence-corrected chi connectivity index (χ0v) is 14.9. The Morgan fingerprint density at radius 2 is 1.75 bits per heavy atom. The highest BCUT2D eigenvalue weighted by Crippen LogP contribution is 2.67. The summed E-state index contributed by atoms with van der Waals surface area (Å²) < 4.78 is 6.00. The van der Waals surface area contributed by atoms with Crippen molar-refractivity contribution >= 4 is 11.8 Å². The second-order valence-electron chi connectivity index (χ2n) is 9.68. The fraction of sp³-hybridized carbons (Fsp3) is 0.905. The molecule has 0 N–H and O–H groups in total. The summed E-state index contributed by atoms with van der Waals surface area (Å²) in [6.07, 6.45) is 11.9. The van der Waals surface area contributed by atoms with Gasteiger partial charge in [-0.3, -0.25) is 9.59 Å². The lowest BCUT2D eigenvalue weighted by Crippen LogP contribution is -2.53. The molecule has 1 unspecified atom stereocenters. The molecule has 3 nitrogen and oxygen atoms in total. The molecule has 0 radical (unpaired) electrons. The lowest BCUT2D eigenvalue weighted by Gasteiger charge is -2.56. The molecule has 0 amide bonds. The van der Waals surface area contributed by atoms with Crippen LogP contribution in [-0.4, -0.2) is 17.4 Å². The fourth-order valence-electron chi connectivity index (χ4n) is 7.95. The van der Waals surface area contributed by atoms with Crippen molar-refractivity contribution in [2.45, 2.75) is 83.2 Å². The highest BCUT2D eigenvalue weighted by Gasteiger charge is 2.66. The number of carbonyl (C=O) groups excluding carboxylic acids is 2. The molecule has 0 bridgehead atoms. The van der Waals surface area contributed by atoms with E-state index < -0.39 is 0 Å². The van der Waals surface area contributed by atoms with Gasteiger partial charge in [0.2, 0.25) is 0 Å². The number of ether oxygens (including phenoxy) is 1.